The molecule has 1 N–H and O–H groups in total. The molecule has 0 aliphatic carbocycles. The first-order chi connectivity index (χ1) is 9.81. The van der Waals surface area contributed by atoms with Crippen molar-refractivity contribution in [3.05, 3.63) is 6.20 Å². The maximum atomic E-state index is 5.73. The molecule has 1 spiro atoms. The van der Waals surface area contributed by atoms with E-state index in [0.29, 0.717) is 19.2 Å². The zero-order chi connectivity index (χ0) is 13.8. The van der Waals surface area contributed by atoms with Crippen molar-refractivity contribution >= 4 is 11.8 Å². The van der Waals surface area contributed by atoms with Crippen LogP contribution in [0.25, 0.3) is 0 Å². The van der Waals surface area contributed by atoms with Crippen LogP contribution in [0.4, 0.5) is 11.8 Å². The van der Waals surface area contributed by atoms with Crippen LogP contribution in [0.15, 0.2) is 6.20 Å². The predicted octanol–water partition coefficient (Wildman–Crippen LogP) is 1.04. The summed E-state index contributed by atoms with van der Waals surface area (Å²) in [4.78, 5) is 6.72. The Morgan fingerprint density at radius 1 is 1.30 bits per heavy atom. The van der Waals surface area contributed by atoms with Gasteiger partial charge in [0.25, 0.3) is 0 Å². The number of anilines is 2. The average molecular weight is 279 g/mol. The van der Waals surface area contributed by atoms with Gasteiger partial charge in [-0.1, -0.05) is 6.92 Å². The second-order valence-electron chi connectivity index (χ2n) is 5.16. The summed E-state index contributed by atoms with van der Waals surface area (Å²) in [7, 11) is 0. The first-order valence-electron chi connectivity index (χ1n) is 7.28. The summed E-state index contributed by atoms with van der Waals surface area (Å²) in [5, 5.41) is 11.2. The molecule has 0 radical (unpaired) electrons. The molecule has 2 aliphatic rings. The Balaban J connectivity index is 1.62. The van der Waals surface area contributed by atoms with E-state index < -0.39 is 0 Å². The van der Waals surface area contributed by atoms with E-state index in [1.165, 1.54) is 0 Å². The highest BCUT2D eigenvalue weighted by molar-refractivity contribution is 5.40. The summed E-state index contributed by atoms with van der Waals surface area (Å²) >= 11 is 0. The first-order valence-corrected chi connectivity index (χ1v) is 7.28. The van der Waals surface area contributed by atoms with Gasteiger partial charge < -0.3 is 19.7 Å². The van der Waals surface area contributed by atoms with Gasteiger partial charge in [0.05, 0.1) is 19.4 Å². The maximum Gasteiger partial charge on any atom is 0.244 e. The van der Waals surface area contributed by atoms with Crippen LogP contribution in [0.1, 0.15) is 26.2 Å². The molecule has 2 aliphatic heterocycles. The van der Waals surface area contributed by atoms with Crippen LogP contribution in [0.5, 0.6) is 0 Å². The van der Waals surface area contributed by atoms with Crippen LogP contribution >= 0.6 is 0 Å². The summed E-state index contributed by atoms with van der Waals surface area (Å²) in [5.41, 5.74) is 0. The molecular weight excluding hydrogens is 258 g/mol. The largest absolute Gasteiger partial charge is 0.355 e. The van der Waals surface area contributed by atoms with Crippen LogP contribution in [0.3, 0.4) is 0 Å². The third-order valence-corrected chi connectivity index (χ3v) is 3.74. The lowest BCUT2D eigenvalue weighted by molar-refractivity contribution is -0.169. The van der Waals surface area contributed by atoms with Crippen LogP contribution in [-0.4, -0.2) is 53.8 Å². The second-order valence-corrected chi connectivity index (χ2v) is 5.16. The van der Waals surface area contributed by atoms with Gasteiger partial charge in [-0.25, -0.2) is 0 Å². The number of rotatable bonds is 4. The Bertz CT molecular complexity index is 440. The van der Waals surface area contributed by atoms with Gasteiger partial charge in [0, 0.05) is 32.5 Å². The second kappa shape index (κ2) is 5.88. The van der Waals surface area contributed by atoms with Crippen molar-refractivity contribution in [2.75, 3.05) is 43.1 Å². The van der Waals surface area contributed by atoms with E-state index in [0.717, 1.165) is 44.7 Å². The molecule has 110 valence electrons. The normalized spacial score (nSPS) is 21.4. The van der Waals surface area contributed by atoms with E-state index in [-0.39, 0.29) is 5.79 Å². The minimum absolute atomic E-state index is 0.347. The molecule has 2 saturated heterocycles. The molecule has 3 rings (SSSR count). The topological polar surface area (TPSA) is 72.4 Å². The summed E-state index contributed by atoms with van der Waals surface area (Å²) < 4.78 is 11.5. The Hall–Kier alpha value is -1.47. The van der Waals surface area contributed by atoms with E-state index in [2.05, 4.69) is 32.3 Å². The molecule has 7 heteroatoms. The number of hydrogen-bond donors (Lipinski definition) is 1. The molecule has 1 aromatic heterocycles. The quantitative estimate of drug-likeness (QED) is 0.882. The minimum atomic E-state index is -0.347. The highest BCUT2D eigenvalue weighted by atomic mass is 16.7. The van der Waals surface area contributed by atoms with Crippen LogP contribution in [0.2, 0.25) is 0 Å². The molecule has 0 amide bonds. The van der Waals surface area contributed by atoms with Gasteiger partial charge in [-0.15, -0.1) is 5.10 Å². The Kier molecular flexibility index (Phi) is 3.98. The first kappa shape index (κ1) is 13.5. The minimum Gasteiger partial charge on any atom is -0.355 e. The predicted molar refractivity (Wildman–Crippen MR) is 74.7 cm³/mol. The van der Waals surface area contributed by atoms with Gasteiger partial charge in [0.1, 0.15) is 0 Å². The SMILES string of the molecule is CCCNc1nncc(N2CCC3(CC2)OCCO3)n1. The van der Waals surface area contributed by atoms with Gasteiger partial charge in [0.15, 0.2) is 11.6 Å². The van der Waals surface area contributed by atoms with Gasteiger partial charge in [-0.3, -0.25) is 0 Å². The number of aromatic nitrogens is 3. The summed E-state index contributed by atoms with van der Waals surface area (Å²) in [6.45, 7) is 6.12. The molecule has 0 bridgehead atoms. The standard InChI is InChI=1S/C13H21N5O2/c1-2-5-14-12-16-11(10-15-17-12)18-6-3-13(4-7-18)19-8-9-20-13/h10H,2-9H2,1H3,(H,14,16,17). The third kappa shape index (κ3) is 2.83. The van der Waals surface area contributed by atoms with E-state index >= 15 is 0 Å². The Labute approximate surface area is 118 Å². The number of nitrogens with one attached hydrogen (secondary N) is 1. The lowest BCUT2D eigenvalue weighted by atomic mass is 10.0. The molecule has 0 atom stereocenters. The monoisotopic (exact) mass is 279 g/mol. The molecule has 20 heavy (non-hydrogen) atoms. The van der Waals surface area contributed by atoms with Crippen molar-refractivity contribution in [1.82, 2.24) is 15.2 Å². The van der Waals surface area contributed by atoms with E-state index in [1.54, 1.807) is 6.20 Å². The molecule has 0 unspecified atom stereocenters. The summed E-state index contributed by atoms with van der Waals surface area (Å²) in [5.74, 6) is 1.12. The Morgan fingerprint density at radius 2 is 2.05 bits per heavy atom. The molecule has 0 saturated carbocycles. The van der Waals surface area contributed by atoms with E-state index in [1.807, 2.05) is 0 Å². The molecular formula is C13H21N5O2. The van der Waals surface area contributed by atoms with E-state index in [4.69, 9.17) is 9.47 Å². The summed E-state index contributed by atoms with van der Waals surface area (Å²) in [6, 6.07) is 0. The highest BCUT2D eigenvalue weighted by Crippen LogP contribution is 2.32. The van der Waals surface area contributed by atoms with Crippen LogP contribution < -0.4 is 10.2 Å². The van der Waals surface area contributed by atoms with E-state index in [9.17, 15) is 0 Å². The van der Waals surface area contributed by atoms with Gasteiger partial charge in [-0.2, -0.15) is 10.1 Å². The molecule has 0 aromatic carbocycles. The maximum absolute atomic E-state index is 5.73. The number of ether oxygens (including phenoxy) is 2. The number of piperidine rings is 1. The van der Waals surface area contributed by atoms with Crippen molar-refractivity contribution in [2.45, 2.75) is 32.0 Å². The number of hydrogen-bond acceptors (Lipinski definition) is 7. The van der Waals surface area contributed by atoms with Gasteiger partial charge in [-0.05, 0) is 6.42 Å². The third-order valence-electron chi connectivity index (χ3n) is 3.74. The van der Waals surface area contributed by atoms with Gasteiger partial charge >= 0.3 is 0 Å². The molecule has 1 aromatic rings. The Morgan fingerprint density at radius 3 is 2.75 bits per heavy atom. The molecule has 3 heterocycles. The fourth-order valence-electron chi connectivity index (χ4n) is 2.62. The van der Waals surface area contributed by atoms with Crippen molar-refractivity contribution in [1.29, 1.82) is 0 Å². The lowest BCUT2D eigenvalue weighted by Gasteiger charge is -2.37. The van der Waals surface area contributed by atoms with Crippen LogP contribution in [-0.2, 0) is 9.47 Å². The molecule has 2 fully saturated rings. The highest BCUT2D eigenvalue weighted by Gasteiger charge is 2.40. The summed E-state index contributed by atoms with van der Waals surface area (Å²) in [6.07, 6.45) is 4.49. The van der Waals surface area contributed by atoms with Crippen LogP contribution in [0, 0.1) is 0 Å². The fraction of sp³-hybridized carbons (Fsp3) is 0.769. The van der Waals surface area contributed by atoms with Crippen molar-refractivity contribution in [2.24, 2.45) is 0 Å². The zero-order valence-electron chi connectivity index (χ0n) is 11.8. The molecule has 7 nitrogen and oxygen atoms in total. The van der Waals surface area contributed by atoms with Crippen molar-refractivity contribution < 1.29 is 9.47 Å². The zero-order valence-corrected chi connectivity index (χ0v) is 11.8. The van der Waals surface area contributed by atoms with Gasteiger partial charge in [0.2, 0.25) is 5.95 Å². The lowest BCUT2D eigenvalue weighted by Crippen LogP contribution is -2.45. The average Bonchev–Trinajstić information content (AvgIpc) is 2.94. The van der Waals surface area contributed by atoms with Crippen molar-refractivity contribution in [3.8, 4) is 0 Å². The fourth-order valence-corrected chi connectivity index (χ4v) is 2.62. The number of nitrogens with zero attached hydrogens (tertiary/aromatic N) is 4. The smallest absolute Gasteiger partial charge is 0.244 e. The van der Waals surface area contributed by atoms with Crippen molar-refractivity contribution in [3.63, 3.8) is 0 Å².